The first-order valence-electron chi connectivity index (χ1n) is 9.30. The third-order valence-electron chi connectivity index (χ3n) is 4.81. The zero-order chi connectivity index (χ0) is 19.3. The van der Waals surface area contributed by atoms with E-state index in [4.69, 9.17) is 9.47 Å². The standard InChI is InChI=1S/C21H22N2O4S/c24-20(16-5-4-8-18(13-16)27-17-6-2-1-3-7-17)23-15-28-14-19(23)21(25)22-9-11-26-12-10-22/h1-8,13,19H,9-12,14-15H2/t19-/m1/s1. The van der Waals surface area contributed by atoms with Gasteiger partial charge >= 0.3 is 0 Å². The van der Waals surface area contributed by atoms with E-state index in [1.165, 1.54) is 0 Å². The minimum Gasteiger partial charge on any atom is -0.457 e. The van der Waals surface area contributed by atoms with Gasteiger partial charge in [-0.05, 0) is 30.3 Å². The van der Waals surface area contributed by atoms with E-state index in [2.05, 4.69) is 0 Å². The normalized spacial score (nSPS) is 19.5. The highest BCUT2D eigenvalue weighted by Gasteiger charge is 2.37. The van der Waals surface area contributed by atoms with E-state index in [0.717, 1.165) is 0 Å². The van der Waals surface area contributed by atoms with E-state index in [9.17, 15) is 9.59 Å². The highest BCUT2D eigenvalue weighted by atomic mass is 32.2. The number of nitrogens with zero attached hydrogens (tertiary/aromatic N) is 2. The molecule has 2 amide bonds. The van der Waals surface area contributed by atoms with Crippen molar-refractivity contribution in [2.75, 3.05) is 37.9 Å². The van der Waals surface area contributed by atoms with E-state index in [1.54, 1.807) is 39.8 Å². The molecule has 2 aliphatic rings. The number of carbonyl (C=O) groups is 2. The molecule has 0 radical (unpaired) electrons. The first-order valence-corrected chi connectivity index (χ1v) is 10.5. The number of carbonyl (C=O) groups excluding carboxylic acids is 2. The SMILES string of the molecule is O=C([C@H]1CSCN1C(=O)c1cccc(Oc2ccccc2)c1)N1CCOCC1. The summed E-state index contributed by atoms with van der Waals surface area (Å²) in [6, 6.07) is 16.1. The summed E-state index contributed by atoms with van der Waals surface area (Å²) in [5, 5.41) is 0. The molecular formula is C21H22N2O4S. The van der Waals surface area contributed by atoms with Crippen LogP contribution < -0.4 is 4.74 Å². The van der Waals surface area contributed by atoms with E-state index < -0.39 is 6.04 Å². The van der Waals surface area contributed by atoms with Gasteiger partial charge in [0.2, 0.25) is 5.91 Å². The Morgan fingerprint density at radius 3 is 2.54 bits per heavy atom. The Hall–Kier alpha value is -2.51. The smallest absolute Gasteiger partial charge is 0.255 e. The van der Waals surface area contributed by atoms with Crippen molar-refractivity contribution in [2.24, 2.45) is 0 Å². The number of rotatable bonds is 4. The van der Waals surface area contributed by atoms with Crippen molar-refractivity contribution >= 4 is 23.6 Å². The van der Waals surface area contributed by atoms with Crippen molar-refractivity contribution in [1.82, 2.24) is 9.80 Å². The Morgan fingerprint density at radius 2 is 1.75 bits per heavy atom. The molecule has 7 heteroatoms. The number of para-hydroxylation sites is 1. The molecule has 1 atom stereocenters. The molecule has 0 aliphatic carbocycles. The van der Waals surface area contributed by atoms with Crippen LogP contribution >= 0.6 is 11.8 Å². The molecule has 146 valence electrons. The second kappa shape index (κ2) is 8.67. The van der Waals surface area contributed by atoms with Gasteiger partial charge in [-0.1, -0.05) is 24.3 Å². The molecule has 0 unspecified atom stereocenters. The average molecular weight is 398 g/mol. The van der Waals surface area contributed by atoms with Crippen molar-refractivity contribution in [2.45, 2.75) is 6.04 Å². The monoisotopic (exact) mass is 398 g/mol. The molecule has 0 bridgehead atoms. The number of ether oxygens (including phenoxy) is 2. The Bertz CT molecular complexity index is 839. The molecule has 2 saturated heterocycles. The van der Waals surface area contributed by atoms with Gasteiger partial charge in [-0.3, -0.25) is 9.59 Å². The second-order valence-corrected chi connectivity index (χ2v) is 7.67. The van der Waals surface area contributed by atoms with E-state index in [-0.39, 0.29) is 11.8 Å². The summed E-state index contributed by atoms with van der Waals surface area (Å²) in [5.74, 6) is 2.32. The van der Waals surface area contributed by atoms with Crippen LogP contribution in [0.4, 0.5) is 0 Å². The van der Waals surface area contributed by atoms with Gasteiger partial charge in [-0.15, -0.1) is 11.8 Å². The number of benzene rings is 2. The van der Waals surface area contributed by atoms with Gasteiger partial charge in [0.1, 0.15) is 17.5 Å². The molecular weight excluding hydrogens is 376 g/mol. The molecule has 6 nitrogen and oxygen atoms in total. The predicted molar refractivity (Wildman–Crippen MR) is 108 cm³/mol. The van der Waals surface area contributed by atoms with Crippen molar-refractivity contribution in [1.29, 1.82) is 0 Å². The quantitative estimate of drug-likeness (QED) is 0.793. The first kappa shape index (κ1) is 18.8. The summed E-state index contributed by atoms with van der Waals surface area (Å²) < 4.78 is 11.2. The van der Waals surface area contributed by atoms with Gasteiger partial charge in [0, 0.05) is 24.4 Å². The Labute approximate surface area is 168 Å². The van der Waals surface area contributed by atoms with Gasteiger partial charge in [-0.2, -0.15) is 0 Å². The van der Waals surface area contributed by atoms with Crippen LogP contribution in [-0.2, 0) is 9.53 Å². The number of morpholine rings is 1. The summed E-state index contributed by atoms with van der Waals surface area (Å²) in [6.45, 7) is 2.28. The topological polar surface area (TPSA) is 59.1 Å². The lowest BCUT2D eigenvalue weighted by Gasteiger charge is -2.32. The summed E-state index contributed by atoms with van der Waals surface area (Å²) >= 11 is 1.61. The van der Waals surface area contributed by atoms with Crippen LogP contribution in [0.15, 0.2) is 54.6 Å². The minimum atomic E-state index is -0.422. The van der Waals surface area contributed by atoms with Gasteiger partial charge in [0.15, 0.2) is 0 Å². The van der Waals surface area contributed by atoms with Crippen LogP contribution in [0.2, 0.25) is 0 Å². The average Bonchev–Trinajstić information content (AvgIpc) is 3.24. The van der Waals surface area contributed by atoms with Crippen LogP contribution in [0.3, 0.4) is 0 Å². The summed E-state index contributed by atoms with van der Waals surface area (Å²) in [5.41, 5.74) is 0.524. The Balaban J connectivity index is 1.48. The minimum absolute atomic E-state index is 0.0124. The van der Waals surface area contributed by atoms with Gasteiger partial charge < -0.3 is 19.3 Å². The maximum Gasteiger partial charge on any atom is 0.255 e. The zero-order valence-corrected chi connectivity index (χ0v) is 16.3. The molecule has 0 N–H and O–H groups in total. The fourth-order valence-corrected chi connectivity index (χ4v) is 4.47. The maximum atomic E-state index is 13.1. The van der Waals surface area contributed by atoms with Crippen LogP contribution in [0.5, 0.6) is 11.5 Å². The third-order valence-corrected chi connectivity index (χ3v) is 5.82. The van der Waals surface area contributed by atoms with Crippen molar-refractivity contribution < 1.29 is 19.1 Å². The molecule has 0 spiro atoms. The Kier molecular flexibility index (Phi) is 5.83. The van der Waals surface area contributed by atoms with Crippen LogP contribution in [-0.4, -0.2) is 65.6 Å². The molecule has 2 aromatic rings. The first-order chi connectivity index (χ1) is 13.7. The van der Waals surface area contributed by atoms with Crippen molar-refractivity contribution in [3.8, 4) is 11.5 Å². The van der Waals surface area contributed by atoms with E-state index in [1.807, 2.05) is 36.4 Å². The van der Waals surface area contributed by atoms with Gasteiger partial charge in [0.05, 0.1) is 19.1 Å². The lowest BCUT2D eigenvalue weighted by atomic mass is 10.1. The number of thioether (sulfide) groups is 1. The molecule has 0 saturated carbocycles. The molecule has 2 aliphatic heterocycles. The largest absolute Gasteiger partial charge is 0.457 e. The fourth-order valence-electron chi connectivity index (χ4n) is 3.32. The van der Waals surface area contributed by atoms with Crippen molar-refractivity contribution in [3.05, 3.63) is 60.2 Å². The molecule has 2 aromatic carbocycles. The van der Waals surface area contributed by atoms with E-state index in [0.29, 0.717) is 55.0 Å². The van der Waals surface area contributed by atoms with Gasteiger partial charge in [-0.25, -0.2) is 0 Å². The number of amides is 2. The molecule has 28 heavy (non-hydrogen) atoms. The molecule has 0 aromatic heterocycles. The van der Waals surface area contributed by atoms with E-state index >= 15 is 0 Å². The summed E-state index contributed by atoms with van der Waals surface area (Å²) in [6.07, 6.45) is 0. The Morgan fingerprint density at radius 1 is 1.00 bits per heavy atom. The second-order valence-electron chi connectivity index (χ2n) is 6.67. The zero-order valence-electron chi connectivity index (χ0n) is 15.5. The number of hydrogen-bond acceptors (Lipinski definition) is 5. The maximum absolute atomic E-state index is 13.1. The summed E-state index contributed by atoms with van der Waals surface area (Å²) in [7, 11) is 0. The highest BCUT2D eigenvalue weighted by molar-refractivity contribution is 7.99. The molecule has 4 rings (SSSR count). The highest BCUT2D eigenvalue weighted by Crippen LogP contribution is 2.27. The predicted octanol–water partition coefficient (Wildman–Crippen LogP) is 2.85. The lowest BCUT2D eigenvalue weighted by molar-refractivity contribution is -0.138. The van der Waals surface area contributed by atoms with Crippen LogP contribution in [0.25, 0.3) is 0 Å². The molecule has 2 heterocycles. The third kappa shape index (κ3) is 4.15. The number of hydrogen-bond donors (Lipinski definition) is 0. The van der Waals surface area contributed by atoms with Crippen LogP contribution in [0.1, 0.15) is 10.4 Å². The lowest BCUT2D eigenvalue weighted by Crippen LogP contribution is -2.52. The summed E-state index contributed by atoms with van der Waals surface area (Å²) in [4.78, 5) is 29.5. The molecule has 2 fully saturated rings. The van der Waals surface area contributed by atoms with Gasteiger partial charge in [0.25, 0.3) is 5.91 Å². The van der Waals surface area contributed by atoms with Crippen molar-refractivity contribution in [3.63, 3.8) is 0 Å². The fraction of sp³-hybridized carbons (Fsp3) is 0.333. The van der Waals surface area contributed by atoms with Crippen LogP contribution in [0, 0.1) is 0 Å².